The zero-order valence-electron chi connectivity index (χ0n) is 11.9. The molecule has 1 heterocycles. The lowest BCUT2D eigenvalue weighted by atomic mass is 10.1. The van der Waals surface area contributed by atoms with Crippen molar-refractivity contribution in [1.29, 1.82) is 0 Å². The van der Waals surface area contributed by atoms with Crippen LogP contribution >= 0.6 is 0 Å². The van der Waals surface area contributed by atoms with Crippen molar-refractivity contribution < 1.29 is 0 Å². The molecule has 2 aromatic rings. The number of fused-ring (bicyclic) bond motifs is 1. The number of rotatable bonds is 4. The van der Waals surface area contributed by atoms with Crippen LogP contribution in [-0.2, 0) is 0 Å². The molecule has 2 nitrogen and oxygen atoms in total. The Hall–Kier alpha value is -1.54. The second kappa shape index (κ2) is 5.10. The Balaban J connectivity index is 1.45. The van der Waals surface area contributed by atoms with Gasteiger partial charge < -0.3 is 10.2 Å². The lowest BCUT2D eigenvalue weighted by molar-refractivity contribution is 0.515. The smallest absolute Gasteiger partial charge is 0.0372 e. The van der Waals surface area contributed by atoms with Gasteiger partial charge in [-0.1, -0.05) is 30.3 Å². The molecule has 2 fully saturated rings. The van der Waals surface area contributed by atoms with E-state index in [2.05, 4.69) is 52.7 Å². The molecule has 20 heavy (non-hydrogen) atoms. The molecule has 2 heteroatoms. The van der Waals surface area contributed by atoms with Crippen LogP contribution in [0.3, 0.4) is 0 Å². The number of anilines is 1. The molecule has 0 aromatic heterocycles. The van der Waals surface area contributed by atoms with Crippen LogP contribution in [0.4, 0.5) is 5.69 Å². The normalized spacial score (nSPS) is 22.6. The van der Waals surface area contributed by atoms with Crippen LogP contribution in [0, 0.1) is 5.92 Å². The van der Waals surface area contributed by atoms with Crippen molar-refractivity contribution in [3.63, 3.8) is 0 Å². The van der Waals surface area contributed by atoms with Crippen LogP contribution in [0.2, 0.25) is 0 Å². The van der Waals surface area contributed by atoms with E-state index >= 15 is 0 Å². The highest BCUT2D eigenvalue weighted by atomic mass is 15.2. The van der Waals surface area contributed by atoms with Crippen molar-refractivity contribution in [2.24, 2.45) is 5.92 Å². The Bertz CT molecular complexity index is 603. The van der Waals surface area contributed by atoms with E-state index in [1.807, 2.05) is 0 Å². The lowest BCUT2D eigenvalue weighted by Crippen LogP contribution is -2.27. The summed E-state index contributed by atoms with van der Waals surface area (Å²) in [5.41, 5.74) is 1.39. The minimum atomic E-state index is 0.821. The second-order valence-corrected chi connectivity index (χ2v) is 6.31. The van der Waals surface area contributed by atoms with Crippen molar-refractivity contribution in [2.75, 3.05) is 24.5 Å². The van der Waals surface area contributed by atoms with Gasteiger partial charge >= 0.3 is 0 Å². The van der Waals surface area contributed by atoms with Crippen LogP contribution in [-0.4, -0.2) is 25.7 Å². The summed E-state index contributed by atoms with van der Waals surface area (Å²) in [4.78, 5) is 2.55. The number of benzene rings is 2. The molecule has 1 saturated heterocycles. The zero-order valence-corrected chi connectivity index (χ0v) is 11.9. The molecule has 1 N–H and O–H groups in total. The summed E-state index contributed by atoms with van der Waals surface area (Å²) in [6.45, 7) is 3.61. The third-order valence-electron chi connectivity index (χ3n) is 4.66. The van der Waals surface area contributed by atoms with E-state index in [4.69, 9.17) is 0 Å². The summed E-state index contributed by atoms with van der Waals surface area (Å²) in [7, 11) is 0. The fraction of sp³-hybridized carbons (Fsp3) is 0.444. The predicted molar refractivity (Wildman–Crippen MR) is 85.3 cm³/mol. The summed E-state index contributed by atoms with van der Waals surface area (Å²) in [5.74, 6) is 0.821. The fourth-order valence-electron chi connectivity index (χ4n) is 3.23. The minimum absolute atomic E-state index is 0.821. The summed E-state index contributed by atoms with van der Waals surface area (Å²) in [6.07, 6.45) is 4.11. The quantitative estimate of drug-likeness (QED) is 0.912. The molecule has 1 unspecified atom stereocenters. The molecular weight excluding hydrogens is 244 g/mol. The number of nitrogens with zero attached hydrogens (tertiary/aromatic N) is 1. The van der Waals surface area contributed by atoms with Gasteiger partial charge in [0.05, 0.1) is 0 Å². The fourth-order valence-corrected chi connectivity index (χ4v) is 3.23. The van der Waals surface area contributed by atoms with Crippen molar-refractivity contribution in [3.8, 4) is 0 Å². The molecule has 0 spiro atoms. The summed E-state index contributed by atoms with van der Waals surface area (Å²) in [5, 5.41) is 6.36. The van der Waals surface area contributed by atoms with Gasteiger partial charge in [-0.3, -0.25) is 0 Å². The van der Waals surface area contributed by atoms with E-state index in [-0.39, 0.29) is 0 Å². The highest BCUT2D eigenvalue weighted by molar-refractivity contribution is 5.85. The molecule has 1 aliphatic heterocycles. The number of nitrogens with one attached hydrogen (secondary N) is 1. The molecule has 1 atom stereocenters. The SMILES string of the molecule is c1ccc2cc(N3CCC(CNC4CC4)C3)ccc2c1. The third-order valence-corrected chi connectivity index (χ3v) is 4.66. The van der Waals surface area contributed by atoms with Gasteiger partial charge in [-0.2, -0.15) is 0 Å². The summed E-state index contributed by atoms with van der Waals surface area (Å²) >= 11 is 0. The van der Waals surface area contributed by atoms with E-state index in [1.165, 1.54) is 55.4 Å². The maximum atomic E-state index is 3.67. The Kier molecular flexibility index (Phi) is 3.12. The number of hydrogen-bond donors (Lipinski definition) is 1. The molecule has 0 bridgehead atoms. The minimum Gasteiger partial charge on any atom is -0.371 e. The van der Waals surface area contributed by atoms with Gasteiger partial charge in [-0.15, -0.1) is 0 Å². The first kappa shape index (κ1) is 12.2. The standard InChI is InChI=1S/C18H22N2/c1-2-4-16-11-18(8-5-15(16)3-1)20-10-9-14(13-20)12-19-17-6-7-17/h1-5,8,11,14,17,19H,6-7,9-10,12-13H2. The molecule has 0 radical (unpaired) electrons. The molecule has 1 aliphatic carbocycles. The van der Waals surface area contributed by atoms with Crippen LogP contribution in [0.25, 0.3) is 10.8 Å². The second-order valence-electron chi connectivity index (χ2n) is 6.31. The van der Waals surface area contributed by atoms with Crippen molar-refractivity contribution >= 4 is 16.5 Å². The van der Waals surface area contributed by atoms with E-state index in [1.54, 1.807) is 0 Å². The first-order valence-corrected chi connectivity index (χ1v) is 7.85. The molecule has 1 saturated carbocycles. The Morgan fingerprint density at radius 1 is 1.00 bits per heavy atom. The Labute approximate surface area is 120 Å². The average molecular weight is 266 g/mol. The zero-order chi connectivity index (χ0) is 13.4. The molecular formula is C18H22N2. The van der Waals surface area contributed by atoms with E-state index in [9.17, 15) is 0 Å². The van der Waals surface area contributed by atoms with Crippen LogP contribution in [0.5, 0.6) is 0 Å². The summed E-state index contributed by atoms with van der Waals surface area (Å²) < 4.78 is 0. The van der Waals surface area contributed by atoms with Gasteiger partial charge in [0.25, 0.3) is 0 Å². The third kappa shape index (κ3) is 2.53. The van der Waals surface area contributed by atoms with Gasteiger partial charge in [0.1, 0.15) is 0 Å². The number of hydrogen-bond acceptors (Lipinski definition) is 2. The monoisotopic (exact) mass is 266 g/mol. The van der Waals surface area contributed by atoms with Gasteiger partial charge in [0, 0.05) is 24.8 Å². The van der Waals surface area contributed by atoms with Crippen LogP contribution < -0.4 is 10.2 Å². The lowest BCUT2D eigenvalue weighted by Gasteiger charge is -2.19. The molecule has 2 aromatic carbocycles. The average Bonchev–Trinajstić information content (AvgIpc) is 3.21. The first-order chi connectivity index (χ1) is 9.88. The highest BCUT2D eigenvalue weighted by Gasteiger charge is 2.26. The Morgan fingerprint density at radius 2 is 1.85 bits per heavy atom. The van der Waals surface area contributed by atoms with Gasteiger partial charge in [-0.25, -0.2) is 0 Å². The van der Waals surface area contributed by atoms with E-state index in [0.29, 0.717) is 0 Å². The highest BCUT2D eigenvalue weighted by Crippen LogP contribution is 2.27. The predicted octanol–water partition coefficient (Wildman–Crippen LogP) is 3.42. The molecule has 2 aliphatic rings. The van der Waals surface area contributed by atoms with Crippen LogP contribution in [0.1, 0.15) is 19.3 Å². The first-order valence-electron chi connectivity index (χ1n) is 7.85. The van der Waals surface area contributed by atoms with Crippen molar-refractivity contribution in [2.45, 2.75) is 25.3 Å². The maximum absolute atomic E-state index is 3.67. The largest absolute Gasteiger partial charge is 0.371 e. The van der Waals surface area contributed by atoms with Crippen LogP contribution in [0.15, 0.2) is 42.5 Å². The molecule has 4 rings (SSSR count). The molecule has 104 valence electrons. The van der Waals surface area contributed by atoms with E-state index in [0.717, 1.165) is 12.0 Å². The van der Waals surface area contributed by atoms with Crippen molar-refractivity contribution in [3.05, 3.63) is 42.5 Å². The summed E-state index contributed by atoms with van der Waals surface area (Å²) in [6, 6.07) is 16.3. The van der Waals surface area contributed by atoms with Gasteiger partial charge in [0.15, 0.2) is 0 Å². The maximum Gasteiger partial charge on any atom is 0.0372 e. The molecule has 0 amide bonds. The van der Waals surface area contributed by atoms with Gasteiger partial charge in [0.2, 0.25) is 0 Å². The van der Waals surface area contributed by atoms with Gasteiger partial charge in [-0.05, 0) is 54.6 Å². The topological polar surface area (TPSA) is 15.3 Å². The van der Waals surface area contributed by atoms with E-state index < -0.39 is 0 Å². The van der Waals surface area contributed by atoms with Crippen molar-refractivity contribution in [1.82, 2.24) is 5.32 Å². The Morgan fingerprint density at radius 3 is 2.70 bits per heavy atom.